The van der Waals surface area contributed by atoms with E-state index in [9.17, 15) is 8.42 Å². The summed E-state index contributed by atoms with van der Waals surface area (Å²) in [6, 6.07) is 0.157. The third kappa shape index (κ3) is 5.51. The second-order valence-corrected chi connectivity index (χ2v) is 8.32. The van der Waals surface area contributed by atoms with Crippen LogP contribution in [0.3, 0.4) is 0 Å². The van der Waals surface area contributed by atoms with E-state index in [4.69, 9.17) is 0 Å². The Balaban J connectivity index is 1.90. The van der Waals surface area contributed by atoms with Crippen LogP contribution < -0.4 is 10.0 Å². The summed E-state index contributed by atoms with van der Waals surface area (Å²) in [6.45, 7) is 6.50. The number of hydrogen-bond donors (Lipinski definition) is 2. The lowest BCUT2D eigenvalue weighted by atomic mass is 10.1. The highest BCUT2D eigenvalue weighted by molar-refractivity contribution is 7.87. The zero-order chi connectivity index (χ0) is 15.3. The molecule has 124 valence electrons. The normalized spacial score (nSPS) is 25.9. The minimum absolute atomic E-state index is 0.0497. The molecule has 2 unspecified atom stereocenters. The minimum atomic E-state index is -3.34. The van der Waals surface area contributed by atoms with Gasteiger partial charge in [-0.15, -0.1) is 0 Å². The van der Waals surface area contributed by atoms with Gasteiger partial charge in [-0.1, -0.05) is 26.2 Å². The molecule has 1 heterocycles. The van der Waals surface area contributed by atoms with Gasteiger partial charge in [-0.05, 0) is 45.1 Å². The summed E-state index contributed by atoms with van der Waals surface area (Å²) in [5, 5.41) is 3.37. The molecule has 2 rings (SSSR count). The van der Waals surface area contributed by atoms with Crippen molar-refractivity contribution in [3.05, 3.63) is 0 Å². The Morgan fingerprint density at radius 1 is 1.24 bits per heavy atom. The van der Waals surface area contributed by atoms with Crippen molar-refractivity contribution in [2.45, 2.75) is 70.9 Å². The van der Waals surface area contributed by atoms with Gasteiger partial charge in [-0.25, -0.2) is 0 Å². The highest BCUT2D eigenvalue weighted by Gasteiger charge is 2.33. The molecule has 0 radical (unpaired) electrons. The van der Waals surface area contributed by atoms with Gasteiger partial charge in [-0.3, -0.25) is 0 Å². The molecule has 1 saturated carbocycles. The van der Waals surface area contributed by atoms with Crippen molar-refractivity contribution in [2.75, 3.05) is 19.6 Å². The number of piperidine rings is 1. The highest BCUT2D eigenvalue weighted by atomic mass is 32.2. The molecule has 0 spiro atoms. The second kappa shape index (κ2) is 7.90. The van der Waals surface area contributed by atoms with Crippen LogP contribution in [0, 0.1) is 5.92 Å². The van der Waals surface area contributed by atoms with Gasteiger partial charge in [-0.2, -0.15) is 17.4 Å². The standard InChI is InChI=1S/C15H31N3O2S/c1-3-9-16-12-15-6-4-5-10-18(15)21(19,20)17-13(2)11-14-7-8-14/h13-17H,3-12H2,1-2H3. The summed E-state index contributed by atoms with van der Waals surface area (Å²) in [5.74, 6) is 0.742. The van der Waals surface area contributed by atoms with Crippen molar-refractivity contribution in [3.63, 3.8) is 0 Å². The highest BCUT2D eigenvalue weighted by Crippen LogP contribution is 2.33. The number of nitrogens with zero attached hydrogens (tertiary/aromatic N) is 1. The van der Waals surface area contributed by atoms with Crippen molar-refractivity contribution in [1.82, 2.24) is 14.3 Å². The van der Waals surface area contributed by atoms with Gasteiger partial charge in [0.25, 0.3) is 10.2 Å². The summed E-state index contributed by atoms with van der Waals surface area (Å²) < 4.78 is 29.8. The first-order valence-electron chi connectivity index (χ1n) is 8.52. The lowest BCUT2D eigenvalue weighted by Gasteiger charge is -2.35. The summed E-state index contributed by atoms with van der Waals surface area (Å²) in [7, 11) is -3.34. The number of rotatable bonds is 9. The van der Waals surface area contributed by atoms with Gasteiger partial charge < -0.3 is 5.32 Å². The molecule has 2 atom stereocenters. The fourth-order valence-electron chi connectivity index (χ4n) is 3.16. The summed E-state index contributed by atoms with van der Waals surface area (Å²) in [5.41, 5.74) is 0. The van der Waals surface area contributed by atoms with Crippen LogP contribution in [-0.2, 0) is 10.2 Å². The maximum absolute atomic E-state index is 12.6. The van der Waals surface area contributed by atoms with E-state index < -0.39 is 10.2 Å². The Morgan fingerprint density at radius 2 is 2.00 bits per heavy atom. The molecule has 0 amide bonds. The van der Waals surface area contributed by atoms with E-state index in [1.807, 2.05) is 6.92 Å². The number of hydrogen-bond acceptors (Lipinski definition) is 3. The molecule has 2 fully saturated rings. The molecular weight excluding hydrogens is 286 g/mol. The first kappa shape index (κ1) is 17.2. The first-order valence-corrected chi connectivity index (χ1v) is 9.96. The maximum Gasteiger partial charge on any atom is 0.279 e. The van der Waals surface area contributed by atoms with Crippen LogP contribution in [0.5, 0.6) is 0 Å². The van der Waals surface area contributed by atoms with Crippen LogP contribution in [0.15, 0.2) is 0 Å². The van der Waals surface area contributed by atoms with E-state index in [2.05, 4.69) is 17.0 Å². The molecule has 0 bridgehead atoms. The van der Waals surface area contributed by atoms with Crippen molar-refractivity contribution in [3.8, 4) is 0 Å². The fourth-order valence-corrected chi connectivity index (χ4v) is 4.85. The first-order chi connectivity index (χ1) is 10.0. The van der Waals surface area contributed by atoms with Crippen molar-refractivity contribution < 1.29 is 8.42 Å². The summed E-state index contributed by atoms with van der Waals surface area (Å²) >= 11 is 0. The van der Waals surface area contributed by atoms with Crippen LogP contribution >= 0.6 is 0 Å². The lowest BCUT2D eigenvalue weighted by Crippen LogP contribution is -2.53. The maximum atomic E-state index is 12.6. The molecule has 5 nitrogen and oxygen atoms in total. The average molecular weight is 317 g/mol. The van der Waals surface area contributed by atoms with Gasteiger partial charge >= 0.3 is 0 Å². The average Bonchev–Trinajstić information content (AvgIpc) is 3.22. The van der Waals surface area contributed by atoms with Crippen molar-refractivity contribution in [1.29, 1.82) is 0 Å². The monoisotopic (exact) mass is 317 g/mol. The third-order valence-electron chi connectivity index (χ3n) is 4.42. The molecule has 6 heteroatoms. The van der Waals surface area contributed by atoms with Gasteiger partial charge in [0.15, 0.2) is 0 Å². The topological polar surface area (TPSA) is 61.4 Å². The Labute approximate surface area is 130 Å². The van der Waals surface area contributed by atoms with Gasteiger partial charge in [0, 0.05) is 25.2 Å². The van der Waals surface area contributed by atoms with Gasteiger partial charge in [0.05, 0.1) is 0 Å². The van der Waals surface area contributed by atoms with Crippen LogP contribution in [0.1, 0.15) is 58.8 Å². The molecule has 0 aromatic rings. The second-order valence-electron chi connectivity index (χ2n) is 6.67. The minimum Gasteiger partial charge on any atom is -0.315 e. The Morgan fingerprint density at radius 3 is 2.67 bits per heavy atom. The zero-order valence-electron chi connectivity index (χ0n) is 13.5. The SMILES string of the molecule is CCCNCC1CCCCN1S(=O)(=O)NC(C)CC1CC1. The molecule has 1 saturated heterocycles. The van der Waals surface area contributed by atoms with Crippen LogP contribution in [0.4, 0.5) is 0 Å². The van der Waals surface area contributed by atoms with Gasteiger partial charge in [0.1, 0.15) is 0 Å². The van der Waals surface area contributed by atoms with Crippen molar-refractivity contribution in [2.24, 2.45) is 5.92 Å². The Kier molecular flexibility index (Phi) is 6.47. The van der Waals surface area contributed by atoms with Crippen molar-refractivity contribution >= 4 is 10.2 Å². The molecule has 0 aromatic carbocycles. The smallest absolute Gasteiger partial charge is 0.279 e. The van der Waals surface area contributed by atoms with Gasteiger partial charge in [0.2, 0.25) is 0 Å². The van der Waals surface area contributed by atoms with Crippen LogP contribution in [-0.4, -0.2) is 44.4 Å². The lowest BCUT2D eigenvalue weighted by molar-refractivity contribution is 0.241. The fraction of sp³-hybridized carbons (Fsp3) is 1.00. The Hall–Kier alpha value is -0.170. The quantitative estimate of drug-likeness (QED) is 0.638. The molecule has 21 heavy (non-hydrogen) atoms. The third-order valence-corrected chi connectivity index (χ3v) is 6.22. The Bertz CT molecular complexity index is 409. The number of nitrogens with one attached hydrogen (secondary N) is 2. The predicted molar refractivity (Wildman–Crippen MR) is 86.4 cm³/mol. The van der Waals surface area contributed by atoms with E-state index in [0.29, 0.717) is 6.54 Å². The van der Waals surface area contributed by atoms with E-state index >= 15 is 0 Å². The van der Waals surface area contributed by atoms with E-state index in [1.165, 1.54) is 12.8 Å². The molecule has 0 aromatic heterocycles. The molecular formula is C15H31N3O2S. The molecule has 1 aliphatic carbocycles. The van der Waals surface area contributed by atoms with E-state index in [0.717, 1.165) is 51.1 Å². The van der Waals surface area contributed by atoms with E-state index in [1.54, 1.807) is 4.31 Å². The zero-order valence-corrected chi connectivity index (χ0v) is 14.3. The van der Waals surface area contributed by atoms with Crippen LogP contribution in [0.25, 0.3) is 0 Å². The summed E-state index contributed by atoms with van der Waals surface area (Å²) in [4.78, 5) is 0. The molecule has 1 aliphatic heterocycles. The van der Waals surface area contributed by atoms with E-state index in [-0.39, 0.29) is 12.1 Å². The van der Waals surface area contributed by atoms with Crippen LogP contribution in [0.2, 0.25) is 0 Å². The summed E-state index contributed by atoms with van der Waals surface area (Å²) in [6.07, 6.45) is 7.65. The molecule has 2 N–H and O–H groups in total. The molecule has 2 aliphatic rings. The largest absolute Gasteiger partial charge is 0.315 e. The predicted octanol–water partition coefficient (Wildman–Crippen LogP) is 1.86.